The average Bonchev–Trinajstić information content (AvgIpc) is 2.69. The Labute approximate surface area is 110 Å². The van der Waals surface area contributed by atoms with E-state index in [2.05, 4.69) is 46.4 Å². The number of hydrogen-bond acceptors (Lipinski definition) is 3. The summed E-state index contributed by atoms with van der Waals surface area (Å²) < 4.78 is 6.31. The average molecular weight is 300 g/mol. The van der Waals surface area contributed by atoms with Gasteiger partial charge in [0.25, 0.3) is 0 Å². The second-order valence-corrected chi connectivity index (χ2v) is 5.58. The molecule has 3 nitrogen and oxygen atoms in total. The summed E-state index contributed by atoms with van der Waals surface area (Å²) in [4.78, 5) is 0. The molecule has 17 heavy (non-hydrogen) atoms. The molecule has 0 amide bonds. The van der Waals surface area contributed by atoms with Crippen molar-refractivity contribution in [2.45, 2.75) is 25.5 Å². The van der Waals surface area contributed by atoms with Gasteiger partial charge in [-0.15, -0.1) is 0 Å². The third-order valence-corrected chi connectivity index (χ3v) is 3.80. The fourth-order valence-electron chi connectivity index (χ4n) is 1.96. The molecule has 0 aliphatic carbocycles. The van der Waals surface area contributed by atoms with Crippen LogP contribution in [0.15, 0.2) is 22.7 Å². The fraction of sp³-hybridized carbons (Fsp3) is 0.538. The van der Waals surface area contributed by atoms with Crippen molar-refractivity contribution in [3.63, 3.8) is 0 Å². The minimum absolute atomic E-state index is 0.440. The van der Waals surface area contributed by atoms with E-state index >= 15 is 0 Å². The molecule has 1 fully saturated rings. The zero-order valence-electron chi connectivity index (χ0n) is 10.0. The van der Waals surface area contributed by atoms with Gasteiger partial charge in [-0.05, 0) is 24.1 Å². The summed E-state index contributed by atoms with van der Waals surface area (Å²) in [5.74, 6) is 0. The second kappa shape index (κ2) is 5.48. The van der Waals surface area contributed by atoms with E-state index in [4.69, 9.17) is 4.74 Å². The van der Waals surface area contributed by atoms with Crippen molar-refractivity contribution in [2.24, 2.45) is 0 Å². The molecule has 1 aromatic rings. The van der Waals surface area contributed by atoms with E-state index in [-0.39, 0.29) is 0 Å². The molecule has 2 rings (SSSR count). The molecule has 0 saturated carbocycles. The Kier molecular flexibility index (Phi) is 4.20. The standard InChI is InChI=1S/C13H18BrNO2/c1-10-2-3-11(12(14)6-10)7-15-8-13(16)4-5-17-9-13/h2-3,6,15-16H,4-5,7-9H2,1H3. The smallest absolute Gasteiger partial charge is 0.102 e. The highest BCUT2D eigenvalue weighted by Gasteiger charge is 2.31. The van der Waals surface area contributed by atoms with Gasteiger partial charge >= 0.3 is 0 Å². The molecule has 1 atom stereocenters. The quantitative estimate of drug-likeness (QED) is 0.893. The van der Waals surface area contributed by atoms with Crippen LogP contribution in [0.5, 0.6) is 0 Å². The largest absolute Gasteiger partial charge is 0.386 e. The number of rotatable bonds is 4. The molecule has 1 unspecified atom stereocenters. The third kappa shape index (κ3) is 3.52. The van der Waals surface area contributed by atoms with Crippen LogP contribution in [0.2, 0.25) is 0 Å². The van der Waals surface area contributed by atoms with Gasteiger partial charge in [-0.25, -0.2) is 0 Å². The Morgan fingerprint density at radius 3 is 3.00 bits per heavy atom. The van der Waals surface area contributed by atoms with Crippen LogP contribution < -0.4 is 5.32 Å². The summed E-state index contributed by atoms with van der Waals surface area (Å²) in [6.07, 6.45) is 0.717. The first-order valence-corrected chi connectivity index (χ1v) is 6.64. The highest BCUT2D eigenvalue weighted by atomic mass is 79.9. The molecule has 1 aliphatic rings. The summed E-state index contributed by atoms with van der Waals surface area (Å²) in [5, 5.41) is 13.4. The number of aryl methyl sites for hydroxylation is 1. The Hall–Kier alpha value is -0.420. The maximum absolute atomic E-state index is 10.1. The minimum atomic E-state index is -0.683. The number of benzene rings is 1. The molecule has 94 valence electrons. The second-order valence-electron chi connectivity index (χ2n) is 4.73. The monoisotopic (exact) mass is 299 g/mol. The zero-order chi connectivity index (χ0) is 12.3. The van der Waals surface area contributed by atoms with E-state index in [1.54, 1.807) is 0 Å². The number of hydrogen-bond donors (Lipinski definition) is 2. The summed E-state index contributed by atoms with van der Waals surface area (Å²) >= 11 is 3.55. The lowest BCUT2D eigenvalue weighted by molar-refractivity contribution is 0.0268. The topological polar surface area (TPSA) is 41.5 Å². The molecule has 2 N–H and O–H groups in total. The van der Waals surface area contributed by atoms with E-state index < -0.39 is 5.60 Å². The molecular formula is C13H18BrNO2. The van der Waals surface area contributed by atoms with Crippen LogP contribution in [0, 0.1) is 6.92 Å². The molecule has 1 aliphatic heterocycles. The summed E-state index contributed by atoms with van der Waals surface area (Å²) in [5.41, 5.74) is 1.76. The molecule has 0 spiro atoms. The predicted molar refractivity (Wildman–Crippen MR) is 71.0 cm³/mol. The predicted octanol–water partition coefficient (Wildman–Crippen LogP) is 2.00. The van der Waals surface area contributed by atoms with Gasteiger partial charge in [-0.1, -0.05) is 28.1 Å². The van der Waals surface area contributed by atoms with Crippen LogP contribution >= 0.6 is 15.9 Å². The molecule has 4 heteroatoms. The van der Waals surface area contributed by atoms with Gasteiger partial charge in [0.2, 0.25) is 0 Å². The Bertz CT molecular complexity index is 389. The van der Waals surface area contributed by atoms with E-state index in [0.717, 1.165) is 17.4 Å². The number of halogens is 1. The van der Waals surface area contributed by atoms with Crippen LogP contribution in [0.3, 0.4) is 0 Å². The fourth-order valence-corrected chi connectivity index (χ4v) is 2.59. The van der Waals surface area contributed by atoms with Gasteiger partial charge in [-0.2, -0.15) is 0 Å². The highest BCUT2D eigenvalue weighted by Crippen LogP contribution is 2.20. The van der Waals surface area contributed by atoms with Crippen molar-refractivity contribution in [2.75, 3.05) is 19.8 Å². The van der Waals surface area contributed by atoms with E-state index in [0.29, 0.717) is 19.8 Å². The lowest BCUT2D eigenvalue weighted by Gasteiger charge is -2.21. The first kappa shape index (κ1) is 13.0. The van der Waals surface area contributed by atoms with Gasteiger partial charge < -0.3 is 15.2 Å². The molecular weight excluding hydrogens is 282 g/mol. The van der Waals surface area contributed by atoms with Crippen LogP contribution in [0.4, 0.5) is 0 Å². The van der Waals surface area contributed by atoms with Crippen LogP contribution in [-0.4, -0.2) is 30.5 Å². The van der Waals surface area contributed by atoms with Gasteiger partial charge in [0.1, 0.15) is 5.60 Å². The molecule has 0 radical (unpaired) electrons. The van der Waals surface area contributed by atoms with E-state index in [1.807, 2.05) is 0 Å². The number of aliphatic hydroxyl groups is 1. The minimum Gasteiger partial charge on any atom is -0.386 e. The Balaban J connectivity index is 1.85. The maximum Gasteiger partial charge on any atom is 0.102 e. The normalized spacial score (nSPS) is 24.2. The van der Waals surface area contributed by atoms with Crippen LogP contribution in [-0.2, 0) is 11.3 Å². The van der Waals surface area contributed by atoms with Crippen molar-refractivity contribution in [1.82, 2.24) is 5.32 Å². The Morgan fingerprint density at radius 1 is 1.53 bits per heavy atom. The first-order chi connectivity index (χ1) is 8.09. The molecule has 0 bridgehead atoms. The van der Waals surface area contributed by atoms with Gasteiger partial charge in [0, 0.05) is 30.6 Å². The van der Waals surface area contributed by atoms with Gasteiger partial charge in [-0.3, -0.25) is 0 Å². The Morgan fingerprint density at radius 2 is 2.35 bits per heavy atom. The number of ether oxygens (including phenoxy) is 1. The van der Waals surface area contributed by atoms with E-state index in [1.165, 1.54) is 11.1 Å². The van der Waals surface area contributed by atoms with Crippen LogP contribution in [0.25, 0.3) is 0 Å². The molecule has 1 heterocycles. The molecule has 1 saturated heterocycles. The highest BCUT2D eigenvalue weighted by molar-refractivity contribution is 9.10. The summed E-state index contributed by atoms with van der Waals surface area (Å²) in [6, 6.07) is 6.29. The third-order valence-electron chi connectivity index (χ3n) is 3.06. The molecule has 0 aromatic heterocycles. The first-order valence-electron chi connectivity index (χ1n) is 5.85. The molecule has 1 aromatic carbocycles. The van der Waals surface area contributed by atoms with Gasteiger partial charge in [0.15, 0.2) is 0 Å². The van der Waals surface area contributed by atoms with Crippen molar-refractivity contribution in [3.05, 3.63) is 33.8 Å². The number of nitrogens with one attached hydrogen (secondary N) is 1. The lowest BCUT2D eigenvalue weighted by atomic mass is 10.0. The van der Waals surface area contributed by atoms with Crippen molar-refractivity contribution in [3.8, 4) is 0 Å². The maximum atomic E-state index is 10.1. The zero-order valence-corrected chi connectivity index (χ0v) is 11.6. The van der Waals surface area contributed by atoms with E-state index in [9.17, 15) is 5.11 Å². The van der Waals surface area contributed by atoms with Gasteiger partial charge in [0.05, 0.1) is 6.61 Å². The summed E-state index contributed by atoms with van der Waals surface area (Å²) in [7, 11) is 0. The van der Waals surface area contributed by atoms with Crippen molar-refractivity contribution >= 4 is 15.9 Å². The SMILES string of the molecule is Cc1ccc(CNCC2(O)CCOC2)c(Br)c1. The lowest BCUT2D eigenvalue weighted by Crippen LogP contribution is -2.40. The van der Waals surface area contributed by atoms with Crippen molar-refractivity contribution in [1.29, 1.82) is 0 Å². The summed E-state index contributed by atoms with van der Waals surface area (Å²) in [6.45, 7) is 4.50. The van der Waals surface area contributed by atoms with Crippen LogP contribution in [0.1, 0.15) is 17.5 Å². The van der Waals surface area contributed by atoms with Crippen molar-refractivity contribution < 1.29 is 9.84 Å².